The van der Waals surface area contributed by atoms with Gasteiger partial charge in [-0.15, -0.1) is 0 Å². The number of esters is 1. The van der Waals surface area contributed by atoms with Gasteiger partial charge in [0.1, 0.15) is 30.5 Å². The van der Waals surface area contributed by atoms with Crippen LogP contribution in [0.2, 0.25) is 0 Å². The van der Waals surface area contributed by atoms with Gasteiger partial charge in [0.15, 0.2) is 6.29 Å². The molecule has 9 nitrogen and oxygen atoms in total. The number of allylic oxidation sites excluding steroid dienone is 2. The zero-order valence-electron chi connectivity index (χ0n) is 42.8. The van der Waals surface area contributed by atoms with Gasteiger partial charge in [0.2, 0.25) is 0 Å². The molecule has 0 bridgehead atoms. The zero-order valence-corrected chi connectivity index (χ0v) is 42.8. The third-order valence-electron chi connectivity index (χ3n) is 13.4. The normalized spacial score (nSPS) is 19.4. The number of rotatable bonds is 50. The summed E-state index contributed by atoms with van der Waals surface area (Å²) in [5.41, 5.74) is 0. The lowest BCUT2D eigenvalue weighted by molar-refractivity contribution is -0.305. The fraction of sp³-hybridized carbons (Fsp3) is 0.946. The molecular weight excluding hydrogens is 817 g/mol. The molecule has 0 saturated carbocycles. The summed E-state index contributed by atoms with van der Waals surface area (Å²) < 4.78 is 23.0. The van der Waals surface area contributed by atoms with Crippen LogP contribution in [0.5, 0.6) is 0 Å². The van der Waals surface area contributed by atoms with Gasteiger partial charge in [-0.05, 0) is 38.5 Å². The first-order valence-electron chi connectivity index (χ1n) is 28.3. The lowest BCUT2D eigenvalue weighted by Gasteiger charge is -2.39. The lowest BCUT2D eigenvalue weighted by Crippen LogP contribution is -2.59. The number of aliphatic hydroxyl groups is 4. The minimum atomic E-state index is -1.53. The Bertz CT molecular complexity index is 1010. The summed E-state index contributed by atoms with van der Waals surface area (Å²) in [4.78, 5) is 12.9. The summed E-state index contributed by atoms with van der Waals surface area (Å²) in [6.45, 7) is 4.62. The fourth-order valence-corrected chi connectivity index (χ4v) is 9.02. The largest absolute Gasteiger partial charge is 0.457 e. The number of unbranched alkanes of at least 4 members (excludes halogenated alkanes) is 37. The van der Waals surface area contributed by atoms with Crippen LogP contribution in [-0.2, 0) is 23.7 Å². The molecule has 9 heteroatoms. The molecule has 1 saturated heterocycles. The average Bonchev–Trinajstić information content (AvgIpc) is 3.31. The van der Waals surface area contributed by atoms with Crippen LogP contribution in [0.25, 0.3) is 0 Å². The van der Waals surface area contributed by atoms with E-state index in [1.54, 1.807) is 0 Å². The molecule has 0 aromatic carbocycles. The Balaban J connectivity index is 2.14. The quantitative estimate of drug-likeness (QED) is 0.0267. The molecule has 1 heterocycles. The molecule has 65 heavy (non-hydrogen) atoms. The van der Waals surface area contributed by atoms with Gasteiger partial charge in [-0.2, -0.15) is 0 Å². The molecule has 0 aromatic rings. The molecule has 0 spiro atoms. The maximum absolute atomic E-state index is 12.9. The predicted molar refractivity (Wildman–Crippen MR) is 270 cm³/mol. The number of aliphatic hydroxyl groups excluding tert-OH is 4. The van der Waals surface area contributed by atoms with Crippen LogP contribution < -0.4 is 0 Å². The van der Waals surface area contributed by atoms with Gasteiger partial charge >= 0.3 is 5.97 Å². The number of hydrogen-bond donors (Lipinski definition) is 4. The fourth-order valence-electron chi connectivity index (χ4n) is 9.02. The first kappa shape index (κ1) is 61.9. The summed E-state index contributed by atoms with van der Waals surface area (Å²) >= 11 is 0. The van der Waals surface area contributed by atoms with E-state index in [1.807, 2.05) is 0 Å². The highest BCUT2D eigenvalue weighted by Crippen LogP contribution is 2.23. The monoisotopic (exact) mass is 925 g/mol. The minimum absolute atomic E-state index is 0.107. The van der Waals surface area contributed by atoms with Crippen LogP contribution in [0.1, 0.15) is 277 Å². The molecule has 1 aliphatic rings. The number of carbonyl (C=O) groups is 1. The van der Waals surface area contributed by atoms with Crippen molar-refractivity contribution in [3.63, 3.8) is 0 Å². The van der Waals surface area contributed by atoms with Crippen LogP contribution in [-0.4, -0.2) is 89.6 Å². The second kappa shape index (κ2) is 48.0. The highest BCUT2D eigenvalue weighted by Gasteiger charge is 2.44. The molecule has 0 radical (unpaired) electrons. The van der Waals surface area contributed by atoms with Crippen molar-refractivity contribution in [2.24, 2.45) is 0 Å². The van der Waals surface area contributed by atoms with Crippen molar-refractivity contribution in [3.05, 3.63) is 12.2 Å². The van der Waals surface area contributed by atoms with E-state index < -0.39 is 43.4 Å². The van der Waals surface area contributed by atoms with Crippen molar-refractivity contribution in [3.8, 4) is 0 Å². The van der Waals surface area contributed by atoms with Gasteiger partial charge in [-0.1, -0.05) is 244 Å². The van der Waals surface area contributed by atoms with Crippen LogP contribution in [0, 0.1) is 0 Å². The Kier molecular flexibility index (Phi) is 45.7. The first-order valence-corrected chi connectivity index (χ1v) is 28.3. The van der Waals surface area contributed by atoms with Crippen molar-refractivity contribution >= 4 is 5.97 Å². The van der Waals surface area contributed by atoms with Crippen LogP contribution in [0.4, 0.5) is 0 Å². The van der Waals surface area contributed by atoms with Crippen molar-refractivity contribution in [1.29, 1.82) is 0 Å². The van der Waals surface area contributed by atoms with E-state index in [2.05, 4.69) is 26.0 Å². The number of hydrogen-bond acceptors (Lipinski definition) is 9. The maximum atomic E-state index is 12.9. The summed E-state index contributed by atoms with van der Waals surface area (Å²) in [5, 5.41) is 40.3. The second-order valence-electron chi connectivity index (χ2n) is 19.7. The van der Waals surface area contributed by atoms with Gasteiger partial charge in [0.25, 0.3) is 0 Å². The van der Waals surface area contributed by atoms with Gasteiger partial charge in [0, 0.05) is 13.0 Å². The van der Waals surface area contributed by atoms with E-state index in [-0.39, 0.29) is 19.2 Å². The van der Waals surface area contributed by atoms with Crippen molar-refractivity contribution < 1.29 is 44.2 Å². The van der Waals surface area contributed by atoms with Crippen LogP contribution in [0.3, 0.4) is 0 Å². The molecule has 1 rings (SSSR count). The standard InChI is InChI=1S/C56H108O9/c1-3-5-7-9-11-13-15-17-19-21-23-24-25-26-27-28-30-32-34-36-38-40-42-44-46-62-48-50(49-63-56-55(61)54(60)53(59)51(47-57)65-56)64-52(58)45-43-41-39-37-35-33-31-29-22-20-18-16-14-12-10-8-6-4-2/h21,23,50-51,53-57,59-61H,3-20,22,24-49H2,1-2H3/b23-21-. The van der Waals surface area contributed by atoms with Crippen LogP contribution >= 0.6 is 0 Å². The Morgan fingerprint density at radius 3 is 1.25 bits per heavy atom. The first-order chi connectivity index (χ1) is 31.9. The molecule has 0 aliphatic carbocycles. The lowest BCUT2D eigenvalue weighted by atomic mass is 9.99. The second-order valence-corrected chi connectivity index (χ2v) is 19.7. The SMILES string of the molecule is CCCCCCCCCC/C=C\CCCCCCCCCCCCCCOCC(COC1OC(CO)C(O)C(O)C1O)OC(=O)CCCCCCCCCCCCCCCCCCCC. The molecule has 0 amide bonds. The van der Waals surface area contributed by atoms with E-state index in [0.29, 0.717) is 13.0 Å². The van der Waals surface area contributed by atoms with Gasteiger partial charge < -0.3 is 39.4 Å². The third kappa shape index (κ3) is 38.5. The molecule has 0 aromatic heterocycles. The van der Waals surface area contributed by atoms with Crippen LogP contribution in [0.15, 0.2) is 12.2 Å². The maximum Gasteiger partial charge on any atom is 0.306 e. The summed E-state index contributed by atoms with van der Waals surface area (Å²) in [5.74, 6) is -0.306. The molecule has 6 atom stereocenters. The topological polar surface area (TPSA) is 135 Å². The van der Waals surface area contributed by atoms with Crippen molar-refractivity contribution in [1.82, 2.24) is 0 Å². The predicted octanol–water partition coefficient (Wildman–Crippen LogP) is 14.3. The van der Waals surface area contributed by atoms with E-state index in [0.717, 1.165) is 32.1 Å². The third-order valence-corrected chi connectivity index (χ3v) is 13.4. The van der Waals surface area contributed by atoms with E-state index in [9.17, 15) is 25.2 Å². The van der Waals surface area contributed by atoms with Crippen molar-refractivity contribution in [2.75, 3.05) is 26.4 Å². The zero-order chi connectivity index (χ0) is 47.1. The molecule has 4 N–H and O–H groups in total. The number of carbonyl (C=O) groups excluding carboxylic acids is 1. The van der Waals surface area contributed by atoms with Crippen molar-refractivity contribution in [2.45, 2.75) is 314 Å². The summed E-state index contributed by atoms with van der Waals surface area (Å²) in [7, 11) is 0. The van der Waals surface area contributed by atoms with Gasteiger partial charge in [0.05, 0.1) is 19.8 Å². The van der Waals surface area contributed by atoms with E-state index in [1.165, 1.54) is 225 Å². The molecule has 6 unspecified atom stereocenters. The Hall–Kier alpha value is -1.07. The number of ether oxygens (including phenoxy) is 4. The Morgan fingerprint density at radius 2 is 0.846 bits per heavy atom. The van der Waals surface area contributed by atoms with E-state index in [4.69, 9.17) is 18.9 Å². The highest BCUT2D eigenvalue weighted by molar-refractivity contribution is 5.69. The Morgan fingerprint density at radius 1 is 0.477 bits per heavy atom. The minimum Gasteiger partial charge on any atom is -0.457 e. The average molecular weight is 925 g/mol. The van der Waals surface area contributed by atoms with Gasteiger partial charge in [-0.25, -0.2) is 0 Å². The smallest absolute Gasteiger partial charge is 0.306 e. The highest BCUT2D eigenvalue weighted by atomic mass is 16.7. The van der Waals surface area contributed by atoms with E-state index >= 15 is 0 Å². The molecule has 1 fully saturated rings. The Labute approximate surface area is 401 Å². The molecule has 1 aliphatic heterocycles. The molecular formula is C56H108O9. The summed E-state index contributed by atoms with van der Waals surface area (Å²) in [6.07, 6.45) is 49.7. The van der Waals surface area contributed by atoms with Gasteiger partial charge in [-0.3, -0.25) is 4.79 Å². The summed E-state index contributed by atoms with van der Waals surface area (Å²) in [6, 6.07) is 0. The molecule has 386 valence electrons.